The molecule has 4 nitrogen and oxygen atoms in total. The van der Waals surface area contributed by atoms with Crippen molar-refractivity contribution in [3.8, 4) is 17.0 Å². The topological polar surface area (TPSA) is 42.4 Å². The molecule has 29 heavy (non-hydrogen) atoms. The predicted molar refractivity (Wildman–Crippen MR) is 120 cm³/mol. The highest BCUT2D eigenvalue weighted by atomic mass is 32.2. The Bertz CT molecular complexity index is 795. The van der Waals surface area contributed by atoms with E-state index < -0.39 is 0 Å². The molecule has 0 atom stereocenters. The molecule has 1 fully saturated rings. The number of rotatable bonds is 7. The molecule has 0 bridgehead atoms. The summed E-state index contributed by atoms with van der Waals surface area (Å²) in [5, 5.41) is 0. The van der Waals surface area contributed by atoms with Crippen LogP contribution in [-0.2, 0) is 4.79 Å². The number of amides is 1. The number of aromatic nitrogens is 1. The van der Waals surface area contributed by atoms with Gasteiger partial charge in [0.05, 0.1) is 18.5 Å². The van der Waals surface area contributed by atoms with Crippen molar-refractivity contribution in [2.24, 2.45) is 11.3 Å². The van der Waals surface area contributed by atoms with E-state index in [0.29, 0.717) is 12.5 Å². The second kappa shape index (κ2) is 9.66. The van der Waals surface area contributed by atoms with E-state index in [2.05, 4.69) is 42.4 Å². The van der Waals surface area contributed by atoms with Crippen LogP contribution in [0.25, 0.3) is 11.3 Å². The van der Waals surface area contributed by atoms with E-state index >= 15 is 0 Å². The summed E-state index contributed by atoms with van der Waals surface area (Å²) in [6, 6.07) is 12.4. The molecule has 1 aliphatic rings. The van der Waals surface area contributed by atoms with E-state index in [9.17, 15) is 4.79 Å². The van der Waals surface area contributed by atoms with Gasteiger partial charge in [-0.25, -0.2) is 0 Å². The number of thioether (sulfide) groups is 1. The molecule has 0 saturated carbocycles. The number of nitrogens with zero attached hydrogens (tertiary/aromatic N) is 2. The number of carbonyl (C=O) groups excluding carboxylic acids is 1. The number of likely N-dealkylation sites (tertiary alicyclic amines) is 1. The first-order chi connectivity index (χ1) is 13.9. The van der Waals surface area contributed by atoms with Crippen LogP contribution in [0.5, 0.6) is 5.75 Å². The van der Waals surface area contributed by atoms with Crippen molar-refractivity contribution < 1.29 is 9.53 Å². The molecule has 1 saturated heterocycles. The average Bonchev–Trinajstić information content (AvgIpc) is 2.78. The lowest BCUT2D eigenvalue weighted by Gasteiger charge is -2.36. The SMILES string of the molecule is CCC(C)(C)C(=O)N1CCC(COc2ccc(-c3ccc(SC)cc3)nc2)CC1. The van der Waals surface area contributed by atoms with Gasteiger partial charge in [-0.05, 0) is 55.7 Å². The molecule has 156 valence electrons. The third-order valence-corrected chi connectivity index (χ3v) is 6.72. The predicted octanol–water partition coefficient (Wildman–Crippen LogP) is 5.52. The van der Waals surface area contributed by atoms with Crippen molar-refractivity contribution in [1.82, 2.24) is 9.88 Å². The maximum absolute atomic E-state index is 12.6. The number of pyridine rings is 1. The van der Waals surface area contributed by atoms with Crippen LogP contribution < -0.4 is 4.74 Å². The van der Waals surface area contributed by atoms with Gasteiger partial charge in [-0.2, -0.15) is 0 Å². The molecule has 0 N–H and O–H groups in total. The summed E-state index contributed by atoms with van der Waals surface area (Å²) in [6.07, 6.45) is 6.75. The lowest BCUT2D eigenvalue weighted by molar-refractivity contribution is -0.142. The van der Waals surface area contributed by atoms with Crippen molar-refractivity contribution >= 4 is 17.7 Å². The third-order valence-electron chi connectivity index (χ3n) is 5.97. The van der Waals surface area contributed by atoms with Gasteiger partial charge in [0.15, 0.2) is 0 Å². The monoisotopic (exact) mass is 412 g/mol. The first-order valence-electron chi connectivity index (χ1n) is 10.5. The van der Waals surface area contributed by atoms with Crippen LogP contribution in [0.4, 0.5) is 0 Å². The van der Waals surface area contributed by atoms with Crippen molar-refractivity contribution in [3.05, 3.63) is 42.6 Å². The van der Waals surface area contributed by atoms with Gasteiger partial charge in [0.2, 0.25) is 5.91 Å². The lowest BCUT2D eigenvalue weighted by atomic mass is 9.87. The van der Waals surface area contributed by atoms with Gasteiger partial charge in [-0.15, -0.1) is 11.8 Å². The zero-order valence-corrected chi connectivity index (χ0v) is 18.8. The minimum atomic E-state index is -0.257. The fourth-order valence-electron chi connectivity index (χ4n) is 3.49. The molecule has 2 heterocycles. The second-order valence-corrected chi connectivity index (χ2v) is 9.27. The summed E-state index contributed by atoms with van der Waals surface area (Å²) in [5.41, 5.74) is 1.81. The van der Waals surface area contributed by atoms with E-state index in [0.717, 1.165) is 49.4 Å². The normalized spacial score (nSPS) is 15.4. The fraction of sp³-hybridized carbons (Fsp3) is 0.500. The van der Waals surface area contributed by atoms with Gasteiger partial charge in [-0.1, -0.05) is 32.9 Å². The zero-order valence-electron chi connectivity index (χ0n) is 18.0. The third kappa shape index (κ3) is 5.53. The Morgan fingerprint density at radius 2 is 1.86 bits per heavy atom. The quantitative estimate of drug-likeness (QED) is 0.561. The highest BCUT2D eigenvalue weighted by molar-refractivity contribution is 7.98. The Labute approximate surface area is 179 Å². The van der Waals surface area contributed by atoms with Crippen LogP contribution in [-0.4, -0.2) is 41.7 Å². The Kier molecular flexibility index (Phi) is 7.23. The molecule has 5 heteroatoms. The van der Waals surface area contributed by atoms with E-state index in [-0.39, 0.29) is 11.3 Å². The minimum absolute atomic E-state index is 0.257. The van der Waals surface area contributed by atoms with Gasteiger partial charge in [-0.3, -0.25) is 9.78 Å². The largest absolute Gasteiger partial charge is 0.492 e. The van der Waals surface area contributed by atoms with Crippen LogP contribution in [0.15, 0.2) is 47.5 Å². The Morgan fingerprint density at radius 3 is 2.41 bits per heavy atom. The van der Waals surface area contributed by atoms with E-state index in [4.69, 9.17) is 4.74 Å². The average molecular weight is 413 g/mol. The first-order valence-corrected chi connectivity index (χ1v) is 11.7. The summed E-state index contributed by atoms with van der Waals surface area (Å²) in [4.78, 5) is 20.4. The van der Waals surface area contributed by atoms with E-state index in [1.54, 1.807) is 18.0 Å². The Balaban J connectivity index is 1.48. The lowest BCUT2D eigenvalue weighted by Crippen LogP contribution is -2.45. The number of benzene rings is 1. The van der Waals surface area contributed by atoms with Gasteiger partial charge in [0, 0.05) is 29.0 Å². The highest BCUT2D eigenvalue weighted by Crippen LogP contribution is 2.27. The number of piperidine rings is 1. The number of hydrogen-bond donors (Lipinski definition) is 0. The number of ether oxygens (including phenoxy) is 1. The number of hydrogen-bond acceptors (Lipinski definition) is 4. The fourth-order valence-corrected chi connectivity index (χ4v) is 3.90. The molecule has 0 aliphatic carbocycles. The van der Waals surface area contributed by atoms with Crippen LogP contribution in [0.2, 0.25) is 0 Å². The van der Waals surface area contributed by atoms with Crippen molar-refractivity contribution in [2.45, 2.75) is 44.9 Å². The molecule has 2 aromatic rings. The van der Waals surface area contributed by atoms with Gasteiger partial charge < -0.3 is 9.64 Å². The summed E-state index contributed by atoms with van der Waals surface area (Å²) >= 11 is 1.74. The summed E-state index contributed by atoms with van der Waals surface area (Å²) in [7, 11) is 0. The van der Waals surface area contributed by atoms with Gasteiger partial charge in [0.1, 0.15) is 5.75 Å². The Morgan fingerprint density at radius 1 is 1.17 bits per heavy atom. The van der Waals surface area contributed by atoms with Gasteiger partial charge in [0.25, 0.3) is 0 Å². The zero-order chi connectivity index (χ0) is 20.9. The first kappa shape index (κ1) is 21.7. The molecule has 0 spiro atoms. The molecule has 1 aromatic carbocycles. The van der Waals surface area contributed by atoms with Crippen LogP contribution in [0.3, 0.4) is 0 Å². The standard InChI is InChI=1S/C24H32N2O2S/c1-5-24(2,3)23(27)26-14-12-18(13-15-26)17-28-20-8-11-22(25-16-20)19-6-9-21(29-4)10-7-19/h6-11,16,18H,5,12-15,17H2,1-4H3. The van der Waals surface area contributed by atoms with E-state index in [1.165, 1.54) is 4.90 Å². The van der Waals surface area contributed by atoms with Crippen LogP contribution >= 0.6 is 11.8 Å². The second-order valence-electron chi connectivity index (χ2n) is 8.39. The molecular weight excluding hydrogens is 380 g/mol. The van der Waals surface area contributed by atoms with Crippen LogP contribution in [0, 0.1) is 11.3 Å². The van der Waals surface area contributed by atoms with Crippen LogP contribution in [0.1, 0.15) is 40.0 Å². The van der Waals surface area contributed by atoms with E-state index in [1.807, 2.05) is 30.9 Å². The number of carbonyl (C=O) groups is 1. The van der Waals surface area contributed by atoms with Gasteiger partial charge >= 0.3 is 0 Å². The summed E-state index contributed by atoms with van der Waals surface area (Å²) < 4.78 is 5.99. The smallest absolute Gasteiger partial charge is 0.228 e. The summed E-state index contributed by atoms with van der Waals surface area (Å²) in [5.74, 6) is 1.58. The Hall–Kier alpha value is -2.01. The molecule has 0 radical (unpaired) electrons. The molecule has 1 amide bonds. The van der Waals surface area contributed by atoms with Crippen molar-refractivity contribution in [1.29, 1.82) is 0 Å². The maximum atomic E-state index is 12.6. The molecular formula is C24H32N2O2S. The summed E-state index contributed by atoms with van der Waals surface area (Å²) in [6.45, 7) is 8.51. The molecule has 1 aliphatic heterocycles. The maximum Gasteiger partial charge on any atom is 0.228 e. The molecule has 3 rings (SSSR count). The molecule has 1 aromatic heterocycles. The minimum Gasteiger partial charge on any atom is -0.492 e. The highest BCUT2D eigenvalue weighted by Gasteiger charge is 2.32. The van der Waals surface area contributed by atoms with Crippen molar-refractivity contribution in [3.63, 3.8) is 0 Å². The molecule has 0 unspecified atom stereocenters. The van der Waals surface area contributed by atoms with Crippen molar-refractivity contribution in [2.75, 3.05) is 26.0 Å².